The first-order valence-corrected chi connectivity index (χ1v) is 4.95. The summed E-state index contributed by atoms with van der Waals surface area (Å²) in [6.45, 7) is 2.10. The lowest BCUT2D eigenvalue weighted by atomic mass is 10.0. The molecule has 0 aromatic carbocycles. The predicted molar refractivity (Wildman–Crippen MR) is 50.9 cm³/mol. The van der Waals surface area contributed by atoms with Crippen LogP contribution in [0.5, 0.6) is 0 Å². The van der Waals surface area contributed by atoms with Crippen molar-refractivity contribution in [2.24, 2.45) is 11.8 Å². The fraction of sp³-hybridized carbons (Fsp3) is 0.727. The quantitative estimate of drug-likeness (QED) is 0.463. The first kappa shape index (κ1) is 9.50. The van der Waals surface area contributed by atoms with Gasteiger partial charge in [-0.3, -0.25) is 0 Å². The molecule has 0 aromatic heterocycles. The maximum Gasteiger partial charge on any atom is 0.120 e. The second-order valence-electron chi connectivity index (χ2n) is 3.81. The van der Waals surface area contributed by atoms with Gasteiger partial charge in [-0.05, 0) is 24.7 Å². The lowest BCUT2D eigenvalue weighted by Crippen LogP contribution is -1.92. The highest BCUT2D eigenvalue weighted by atomic mass is 16.1. The van der Waals surface area contributed by atoms with Crippen molar-refractivity contribution in [2.75, 3.05) is 0 Å². The van der Waals surface area contributed by atoms with E-state index < -0.39 is 0 Å². The van der Waals surface area contributed by atoms with Crippen molar-refractivity contribution in [3.05, 3.63) is 12.2 Å². The Hall–Kier alpha value is -0.590. The second-order valence-corrected chi connectivity index (χ2v) is 3.81. The minimum atomic E-state index is 0.433. The summed E-state index contributed by atoms with van der Waals surface area (Å²) in [6.07, 6.45) is 11.7. The largest absolute Gasteiger partial charge is 0.303 e. The van der Waals surface area contributed by atoms with Crippen molar-refractivity contribution in [3.8, 4) is 0 Å². The standard InChI is InChI=1S/C11H18O/c1-10(8-9-12)6-7-11-4-2-3-5-11/h6-7,9-11H,2-5,8H2,1H3/b7-6+. The molecule has 0 spiro atoms. The van der Waals surface area contributed by atoms with E-state index >= 15 is 0 Å². The van der Waals surface area contributed by atoms with Gasteiger partial charge in [-0.15, -0.1) is 0 Å². The van der Waals surface area contributed by atoms with Crippen LogP contribution in [0.1, 0.15) is 39.0 Å². The van der Waals surface area contributed by atoms with Gasteiger partial charge in [0.2, 0.25) is 0 Å². The van der Waals surface area contributed by atoms with Crippen LogP contribution in [0.15, 0.2) is 12.2 Å². The summed E-state index contributed by atoms with van der Waals surface area (Å²) < 4.78 is 0. The summed E-state index contributed by atoms with van der Waals surface area (Å²) in [5.74, 6) is 1.24. The molecule has 1 atom stereocenters. The number of allylic oxidation sites excluding steroid dienone is 2. The smallest absolute Gasteiger partial charge is 0.120 e. The van der Waals surface area contributed by atoms with Crippen molar-refractivity contribution in [3.63, 3.8) is 0 Å². The van der Waals surface area contributed by atoms with E-state index in [0.717, 1.165) is 12.2 Å². The molecule has 1 aliphatic carbocycles. The number of aldehydes is 1. The van der Waals surface area contributed by atoms with Gasteiger partial charge in [0.1, 0.15) is 6.29 Å². The molecule has 1 aliphatic rings. The molecule has 0 heterocycles. The molecule has 0 amide bonds. The number of carbonyl (C=O) groups excluding carboxylic acids is 1. The second kappa shape index (κ2) is 5.13. The zero-order chi connectivity index (χ0) is 8.81. The average molecular weight is 166 g/mol. The molecule has 0 bridgehead atoms. The van der Waals surface area contributed by atoms with Gasteiger partial charge in [0.05, 0.1) is 0 Å². The highest BCUT2D eigenvalue weighted by Gasteiger charge is 2.11. The Kier molecular flexibility index (Phi) is 4.06. The molecular weight excluding hydrogens is 148 g/mol. The number of carbonyl (C=O) groups is 1. The molecule has 1 nitrogen and oxygen atoms in total. The summed E-state index contributed by atoms with van der Waals surface area (Å²) >= 11 is 0. The molecule has 1 fully saturated rings. The Morgan fingerprint density at radius 2 is 2.08 bits per heavy atom. The molecule has 1 saturated carbocycles. The van der Waals surface area contributed by atoms with Gasteiger partial charge in [0.15, 0.2) is 0 Å². The van der Waals surface area contributed by atoms with Gasteiger partial charge >= 0.3 is 0 Å². The normalized spacial score (nSPS) is 21.8. The van der Waals surface area contributed by atoms with E-state index in [4.69, 9.17) is 0 Å². The Bertz CT molecular complexity index is 154. The molecule has 0 N–H and O–H groups in total. The topological polar surface area (TPSA) is 17.1 Å². The average Bonchev–Trinajstić information content (AvgIpc) is 2.53. The van der Waals surface area contributed by atoms with Crippen molar-refractivity contribution in [1.29, 1.82) is 0 Å². The van der Waals surface area contributed by atoms with Crippen LogP contribution in [0.25, 0.3) is 0 Å². The van der Waals surface area contributed by atoms with Crippen LogP contribution in [0.3, 0.4) is 0 Å². The van der Waals surface area contributed by atoms with Gasteiger partial charge in [0.25, 0.3) is 0 Å². The zero-order valence-electron chi connectivity index (χ0n) is 7.83. The first-order chi connectivity index (χ1) is 5.83. The highest BCUT2D eigenvalue weighted by Crippen LogP contribution is 2.26. The van der Waals surface area contributed by atoms with Crippen LogP contribution in [0.2, 0.25) is 0 Å². The molecule has 0 aliphatic heterocycles. The predicted octanol–water partition coefficient (Wildman–Crippen LogP) is 2.96. The summed E-state index contributed by atoms with van der Waals surface area (Å²) in [5.41, 5.74) is 0. The highest BCUT2D eigenvalue weighted by molar-refractivity contribution is 5.50. The van der Waals surface area contributed by atoms with E-state index in [1.165, 1.54) is 25.7 Å². The third-order valence-electron chi connectivity index (χ3n) is 2.58. The van der Waals surface area contributed by atoms with E-state index in [9.17, 15) is 4.79 Å². The van der Waals surface area contributed by atoms with E-state index in [-0.39, 0.29) is 0 Å². The third-order valence-corrected chi connectivity index (χ3v) is 2.58. The Labute approximate surface area is 74.9 Å². The molecule has 1 heteroatoms. The fourth-order valence-corrected chi connectivity index (χ4v) is 1.73. The Balaban J connectivity index is 2.22. The fourth-order valence-electron chi connectivity index (χ4n) is 1.73. The van der Waals surface area contributed by atoms with Gasteiger partial charge in [0, 0.05) is 6.42 Å². The van der Waals surface area contributed by atoms with Gasteiger partial charge in [-0.1, -0.05) is 31.9 Å². The lowest BCUT2D eigenvalue weighted by molar-refractivity contribution is -0.108. The number of hydrogen-bond donors (Lipinski definition) is 0. The van der Waals surface area contributed by atoms with E-state index in [0.29, 0.717) is 12.3 Å². The van der Waals surface area contributed by atoms with Gasteiger partial charge in [-0.25, -0.2) is 0 Å². The summed E-state index contributed by atoms with van der Waals surface area (Å²) in [6, 6.07) is 0. The molecule has 68 valence electrons. The lowest BCUT2D eigenvalue weighted by Gasteiger charge is -2.03. The molecule has 1 rings (SSSR count). The van der Waals surface area contributed by atoms with Crippen LogP contribution < -0.4 is 0 Å². The van der Waals surface area contributed by atoms with Crippen molar-refractivity contribution >= 4 is 6.29 Å². The van der Waals surface area contributed by atoms with Gasteiger partial charge in [-0.2, -0.15) is 0 Å². The molecule has 0 aromatic rings. The zero-order valence-corrected chi connectivity index (χ0v) is 7.83. The SMILES string of the molecule is CC(/C=C/C1CCCC1)CC=O. The Morgan fingerprint density at radius 3 is 2.67 bits per heavy atom. The van der Waals surface area contributed by atoms with Gasteiger partial charge < -0.3 is 4.79 Å². The first-order valence-electron chi connectivity index (χ1n) is 4.95. The minimum Gasteiger partial charge on any atom is -0.303 e. The Morgan fingerprint density at radius 1 is 1.42 bits per heavy atom. The number of rotatable bonds is 4. The van der Waals surface area contributed by atoms with Crippen LogP contribution >= 0.6 is 0 Å². The van der Waals surface area contributed by atoms with E-state index in [1.54, 1.807) is 0 Å². The van der Waals surface area contributed by atoms with Crippen molar-refractivity contribution < 1.29 is 4.79 Å². The van der Waals surface area contributed by atoms with Crippen LogP contribution in [-0.4, -0.2) is 6.29 Å². The van der Waals surface area contributed by atoms with Crippen LogP contribution in [0, 0.1) is 11.8 Å². The summed E-state index contributed by atoms with van der Waals surface area (Å²) in [5, 5.41) is 0. The minimum absolute atomic E-state index is 0.433. The monoisotopic (exact) mass is 166 g/mol. The van der Waals surface area contributed by atoms with Crippen LogP contribution in [0.4, 0.5) is 0 Å². The van der Waals surface area contributed by atoms with E-state index in [1.807, 2.05) is 0 Å². The van der Waals surface area contributed by atoms with Crippen LogP contribution in [-0.2, 0) is 4.79 Å². The molecule has 0 radical (unpaired) electrons. The van der Waals surface area contributed by atoms with E-state index in [2.05, 4.69) is 19.1 Å². The summed E-state index contributed by atoms with van der Waals surface area (Å²) in [4.78, 5) is 10.2. The maximum atomic E-state index is 10.2. The maximum absolute atomic E-state index is 10.2. The molecule has 0 saturated heterocycles. The number of hydrogen-bond acceptors (Lipinski definition) is 1. The third kappa shape index (κ3) is 3.21. The molecular formula is C11H18O. The molecule has 12 heavy (non-hydrogen) atoms. The summed E-state index contributed by atoms with van der Waals surface area (Å²) in [7, 11) is 0. The van der Waals surface area contributed by atoms with Crippen molar-refractivity contribution in [2.45, 2.75) is 39.0 Å². The van der Waals surface area contributed by atoms with Crippen molar-refractivity contribution in [1.82, 2.24) is 0 Å². The molecule has 1 unspecified atom stereocenters.